The summed E-state index contributed by atoms with van der Waals surface area (Å²) in [5.41, 5.74) is 3.70. The van der Waals surface area contributed by atoms with Crippen LogP contribution in [0.2, 0.25) is 0 Å². The van der Waals surface area contributed by atoms with E-state index in [-0.39, 0.29) is 39.6 Å². The van der Waals surface area contributed by atoms with Crippen molar-refractivity contribution in [2.45, 2.75) is 224 Å². The molecule has 28 rings (SSSR count). The van der Waals surface area contributed by atoms with Crippen molar-refractivity contribution in [1.82, 2.24) is 0 Å². The first-order valence-corrected chi connectivity index (χ1v) is 36.3. The molecule has 0 aromatic heterocycles. The van der Waals surface area contributed by atoms with Crippen LogP contribution in [0.25, 0.3) is 0 Å². The lowest BCUT2D eigenvalue weighted by Crippen LogP contribution is -2.69. The Bertz CT molecular complexity index is 2970. The van der Waals surface area contributed by atoms with Gasteiger partial charge in [0.05, 0.1) is 79.3 Å². The molecule has 6 aromatic carbocycles. The summed E-state index contributed by atoms with van der Waals surface area (Å²) >= 11 is 0. The van der Waals surface area contributed by atoms with Crippen molar-refractivity contribution in [3.8, 4) is 0 Å². The fourth-order valence-corrected chi connectivity index (χ4v) is 14.6. The summed E-state index contributed by atoms with van der Waals surface area (Å²) in [6.45, 7) is -6.53. The van der Waals surface area contributed by atoms with E-state index in [2.05, 4.69) is 0 Å². The summed E-state index contributed by atoms with van der Waals surface area (Å²) in [6.07, 6.45) is -51.3. The van der Waals surface area contributed by atoms with Gasteiger partial charge in [-0.1, -0.05) is 182 Å². The third kappa shape index (κ3) is 18.9. The largest absolute Gasteiger partial charge is 0.394 e. The number of hydrogen-bond donors (Lipinski definition) is 12. The van der Waals surface area contributed by atoms with Crippen molar-refractivity contribution in [1.29, 1.82) is 0 Å². The second-order valence-corrected chi connectivity index (χ2v) is 27.5. The summed E-state index contributed by atoms with van der Waals surface area (Å²) in [6, 6.07) is 53.0. The molecule has 12 bridgehead atoms. The van der Waals surface area contributed by atoms with Crippen molar-refractivity contribution in [3.63, 3.8) is 0 Å². The number of aliphatic hydroxyl groups excluding tert-OH is 12. The molecule has 22 saturated heterocycles. The normalized spacial score (nSPS) is 38.2. The van der Waals surface area contributed by atoms with Crippen molar-refractivity contribution < 1.29 is 147 Å². The van der Waals surface area contributed by atoms with Gasteiger partial charge >= 0.3 is 0 Å². The van der Waals surface area contributed by atoms with Crippen LogP contribution in [0.1, 0.15) is 33.4 Å². The van der Waals surface area contributed by atoms with E-state index in [4.69, 9.17) is 85.3 Å². The molecule has 12 N–H and O–H groups in total. The molecule has 588 valence electrons. The Morgan fingerprint density at radius 3 is 0.444 bits per heavy atom. The molecule has 22 aliphatic rings. The lowest BCUT2D eigenvalue weighted by Gasteiger charge is -2.52. The van der Waals surface area contributed by atoms with Gasteiger partial charge < -0.3 is 147 Å². The monoisotopic (exact) mass is 1510 g/mol. The van der Waals surface area contributed by atoms with Crippen LogP contribution in [0.15, 0.2) is 182 Å². The van der Waals surface area contributed by atoms with Crippen molar-refractivity contribution in [3.05, 3.63) is 215 Å². The van der Waals surface area contributed by atoms with Crippen LogP contribution in [0, 0.1) is 0 Å². The first-order chi connectivity index (χ1) is 52.8. The van der Waals surface area contributed by atoms with Gasteiger partial charge in [-0.25, -0.2) is 0 Å². The van der Waals surface area contributed by atoms with Crippen LogP contribution in [0.3, 0.4) is 0 Å². The van der Waals surface area contributed by atoms with Crippen molar-refractivity contribution in [2.75, 3.05) is 39.6 Å². The third-order valence-corrected chi connectivity index (χ3v) is 20.2. The van der Waals surface area contributed by atoms with E-state index in [1.54, 1.807) is 182 Å². The average molecular weight is 1510 g/mol. The van der Waals surface area contributed by atoms with Crippen molar-refractivity contribution >= 4 is 0 Å². The first kappa shape index (κ1) is 80.2. The lowest BCUT2D eigenvalue weighted by molar-refractivity contribution is -0.410. The SMILES string of the molecule is OC[C@H]1O[C@@H]2O[C@H]3[C@H](OCc4ccccc4)[C@@H](O)[C@@H](O[C@H]4[C@H](OCc5ccccc5)[C@@H](O)[C@@H](O[C@H]5[C@H](OCc6ccccc6)[C@@H](O)[C@@H](O[C@H]6[C@H](OCc7ccccc7)[C@@H](O)[C@@H](O[C@H]7[C@H](OCc8ccccc8)[C@@H](O)[C@@H](O[C@H]1[C@H](OCc1ccccc1)[C@H]2O)O[C@@H]7CO)O[C@@H]6CO)O[C@@H]5CO)O[C@@H]4CO)O[C@@H]3CO. The summed E-state index contributed by atoms with van der Waals surface area (Å²) in [5, 5.41) is 146. The molecular weight excluding hydrogens is 1420 g/mol. The Hall–Kier alpha value is -5.88. The maximum Gasteiger partial charge on any atom is 0.187 e. The molecule has 6 aromatic rings. The van der Waals surface area contributed by atoms with Gasteiger partial charge in [-0.05, 0) is 33.4 Å². The molecule has 22 aliphatic heterocycles. The topological polar surface area (TPSA) is 409 Å². The standard InChI is InChI=1S/C78H96O30/c79-31-49-61-67(91-37-43-19-7-1-8-20-43)55(85)73(97-49)104-62-50(32-80)99-75(57(87)69(62)93-39-45-23-11-3-12-24-45)106-64-52(34-82)101-77(59(89)71(64)95-41-47-27-15-5-16-28-47)108-66-54(36-84)102-78(60(90)72(66)96-42-48-29-17-6-18-30-48)107-65-53(35-83)100-76(58(88)70(65)94-40-46-25-13-4-14-26-46)105-63-51(33-81)98-74(103-61)56(86)68(63)92-38-44-21-9-2-10-22-44/h1-30,49-90H,31-42H2/t49-,50-,51-,52-,53-,54-,55-,56-,57-,58-,59-,60-,61-,62-,63-,64-,65-,66-,67-,68-,69-,70-,71-,72-,73-,74-,75-,76-,77-,78-/m1/s1. The summed E-state index contributed by atoms with van der Waals surface area (Å²) < 4.78 is 118. The second-order valence-electron chi connectivity index (χ2n) is 27.5. The minimum absolute atomic E-state index is 0.203. The van der Waals surface area contributed by atoms with Gasteiger partial charge in [0.15, 0.2) is 37.7 Å². The molecular formula is C78H96O30. The van der Waals surface area contributed by atoms with E-state index < -0.39 is 224 Å². The molecule has 22 fully saturated rings. The van der Waals surface area contributed by atoms with Gasteiger partial charge in [-0.2, -0.15) is 0 Å². The molecule has 30 atom stereocenters. The Kier molecular flexibility index (Phi) is 28.6. The zero-order valence-electron chi connectivity index (χ0n) is 58.8. The quantitative estimate of drug-likeness (QED) is 0.0387. The summed E-state index contributed by atoms with van der Waals surface area (Å²) in [7, 11) is 0. The fourth-order valence-electron chi connectivity index (χ4n) is 14.6. The Balaban J connectivity index is 0.909. The van der Waals surface area contributed by atoms with E-state index in [1.807, 2.05) is 0 Å². The highest BCUT2D eigenvalue weighted by molar-refractivity contribution is 5.19. The molecule has 30 heteroatoms. The highest BCUT2D eigenvalue weighted by Crippen LogP contribution is 2.42. The van der Waals surface area contributed by atoms with E-state index in [9.17, 15) is 61.3 Å². The van der Waals surface area contributed by atoms with Crippen LogP contribution >= 0.6 is 0 Å². The van der Waals surface area contributed by atoms with E-state index in [1.165, 1.54) is 0 Å². The molecule has 22 heterocycles. The van der Waals surface area contributed by atoms with Crippen LogP contribution in [0.4, 0.5) is 0 Å². The molecule has 0 spiro atoms. The van der Waals surface area contributed by atoms with Crippen molar-refractivity contribution in [2.24, 2.45) is 0 Å². The number of benzene rings is 6. The number of ether oxygens (including phenoxy) is 18. The number of hydrogen-bond acceptors (Lipinski definition) is 30. The first-order valence-electron chi connectivity index (χ1n) is 36.3. The smallest absolute Gasteiger partial charge is 0.187 e. The lowest BCUT2D eigenvalue weighted by atomic mass is 9.94. The highest BCUT2D eigenvalue weighted by Gasteiger charge is 2.61. The summed E-state index contributed by atoms with van der Waals surface area (Å²) in [4.78, 5) is 0. The molecule has 0 saturated carbocycles. The molecule has 0 radical (unpaired) electrons. The van der Waals surface area contributed by atoms with Gasteiger partial charge in [0, 0.05) is 0 Å². The Morgan fingerprint density at radius 2 is 0.324 bits per heavy atom. The van der Waals surface area contributed by atoms with E-state index in [0.717, 1.165) is 0 Å². The van der Waals surface area contributed by atoms with E-state index in [0.29, 0.717) is 33.4 Å². The second kappa shape index (κ2) is 38.6. The molecule has 30 nitrogen and oxygen atoms in total. The third-order valence-electron chi connectivity index (χ3n) is 20.2. The van der Waals surface area contributed by atoms with E-state index >= 15 is 0 Å². The molecule has 0 amide bonds. The van der Waals surface area contributed by atoms with Gasteiger partial charge in [0.1, 0.15) is 146 Å². The minimum atomic E-state index is -1.93. The predicted octanol–water partition coefficient (Wildman–Crippen LogP) is 0.292. The number of rotatable bonds is 24. The van der Waals surface area contributed by atoms with Gasteiger partial charge in [0.2, 0.25) is 0 Å². The highest BCUT2D eigenvalue weighted by atomic mass is 16.8. The van der Waals surface area contributed by atoms with Crippen LogP contribution in [-0.4, -0.2) is 285 Å². The minimum Gasteiger partial charge on any atom is -0.394 e. The maximum absolute atomic E-state index is 12.8. The Labute approximate surface area is 623 Å². The molecule has 108 heavy (non-hydrogen) atoms. The molecule has 0 unspecified atom stereocenters. The van der Waals surface area contributed by atoms with Gasteiger partial charge in [0.25, 0.3) is 0 Å². The van der Waals surface area contributed by atoms with Crippen LogP contribution < -0.4 is 0 Å². The summed E-state index contributed by atoms with van der Waals surface area (Å²) in [5.74, 6) is 0. The zero-order valence-corrected chi connectivity index (χ0v) is 58.8. The molecule has 0 aliphatic carbocycles. The van der Waals surface area contributed by atoms with Crippen LogP contribution in [-0.2, 0) is 125 Å². The van der Waals surface area contributed by atoms with Gasteiger partial charge in [-0.3, -0.25) is 0 Å². The predicted molar refractivity (Wildman–Crippen MR) is 370 cm³/mol. The Morgan fingerprint density at radius 1 is 0.194 bits per heavy atom. The fraction of sp³-hybridized carbons (Fsp3) is 0.538. The van der Waals surface area contributed by atoms with Crippen LogP contribution in [0.5, 0.6) is 0 Å². The maximum atomic E-state index is 12.8. The average Bonchev–Trinajstić information content (AvgIpc) is 0.764. The number of aliphatic hydroxyl groups is 12. The zero-order chi connectivity index (χ0) is 75.2. The van der Waals surface area contributed by atoms with Gasteiger partial charge in [-0.15, -0.1) is 0 Å².